The normalized spacial score (nSPS) is 24.9. The molecule has 0 bridgehead atoms. The van der Waals surface area contributed by atoms with E-state index in [1.54, 1.807) is 28.1 Å². The lowest BCUT2D eigenvalue weighted by atomic mass is 9.79. The predicted molar refractivity (Wildman–Crippen MR) is 202 cm³/mol. The van der Waals surface area contributed by atoms with Gasteiger partial charge < -0.3 is 39.1 Å². The summed E-state index contributed by atoms with van der Waals surface area (Å²) in [4.78, 5) is 50.2. The Morgan fingerprint density at radius 3 is 1.30 bits per heavy atom. The third-order valence-corrected chi connectivity index (χ3v) is 10.9. The van der Waals surface area contributed by atoms with E-state index in [4.69, 9.17) is 28.4 Å². The van der Waals surface area contributed by atoms with Gasteiger partial charge in [0.25, 0.3) is 11.8 Å². The molecule has 2 aliphatic carbocycles. The number of methoxy groups -OCH3 is 2. The van der Waals surface area contributed by atoms with Gasteiger partial charge in [-0.25, -0.2) is 9.59 Å². The van der Waals surface area contributed by atoms with Crippen LogP contribution in [0.1, 0.15) is 98.6 Å². The summed E-state index contributed by atoms with van der Waals surface area (Å²) in [5.41, 5.74) is 5.05. The Morgan fingerprint density at radius 1 is 0.630 bits per heavy atom. The van der Waals surface area contributed by atoms with Gasteiger partial charge in [0.15, 0.2) is 0 Å². The van der Waals surface area contributed by atoms with Gasteiger partial charge in [-0.15, -0.1) is 0 Å². The molecule has 292 valence electrons. The molecule has 2 aromatic carbocycles. The number of carbonyl (C=O) groups excluding carboxylic acids is 4. The highest BCUT2D eigenvalue weighted by Crippen LogP contribution is 2.46. The summed E-state index contributed by atoms with van der Waals surface area (Å²) in [6.45, 7) is 11.7. The molecule has 0 radical (unpaired) electrons. The van der Waals surface area contributed by atoms with Crippen molar-refractivity contribution in [2.45, 2.75) is 116 Å². The van der Waals surface area contributed by atoms with E-state index in [9.17, 15) is 19.2 Å². The van der Waals surface area contributed by atoms with Gasteiger partial charge in [0.2, 0.25) is 0 Å². The average molecular weight is 747 g/mol. The van der Waals surface area contributed by atoms with Gasteiger partial charge in [0.1, 0.15) is 11.5 Å². The average Bonchev–Trinajstić information content (AvgIpc) is 3.55. The summed E-state index contributed by atoms with van der Waals surface area (Å²) in [7, 11) is 3.40. The highest BCUT2D eigenvalue weighted by atomic mass is 16.7. The molecule has 2 saturated carbocycles. The molecular weight excluding hydrogens is 692 g/mol. The fourth-order valence-electron chi connectivity index (χ4n) is 7.96. The van der Waals surface area contributed by atoms with Crippen molar-refractivity contribution < 1.29 is 47.6 Å². The lowest BCUT2D eigenvalue weighted by molar-refractivity contribution is -0.117. The zero-order valence-electron chi connectivity index (χ0n) is 32.8. The van der Waals surface area contributed by atoms with Gasteiger partial charge in [0, 0.05) is 14.2 Å². The minimum atomic E-state index is -0.778. The molecule has 4 aliphatic rings. The number of benzene rings is 2. The molecule has 0 atom stereocenters. The molecule has 12 nitrogen and oxygen atoms in total. The SMILES string of the molecule is CCOC(=O)OC1=C(c2cc(C)ccc2C)C(=O)NC12CCC(OC)CC2.CCOC(=O)OC1=C(c2cc(C)ccc2C)C(=O)NC12CCC(OC)CC2. The second-order valence-corrected chi connectivity index (χ2v) is 14.6. The van der Waals surface area contributed by atoms with Crippen LogP contribution in [0.25, 0.3) is 11.1 Å². The van der Waals surface area contributed by atoms with E-state index in [0.29, 0.717) is 48.3 Å². The Morgan fingerprint density at radius 2 is 0.981 bits per heavy atom. The third-order valence-electron chi connectivity index (χ3n) is 10.9. The van der Waals surface area contributed by atoms with Crippen LogP contribution < -0.4 is 10.6 Å². The predicted octanol–water partition coefficient (Wildman–Crippen LogP) is 7.29. The fraction of sp³-hybridized carbons (Fsp3) is 0.524. The van der Waals surface area contributed by atoms with E-state index in [2.05, 4.69) is 10.6 Å². The van der Waals surface area contributed by atoms with Crippen LogP contribution in [-0.4, -0.2) is 74.8 Å². The zero-order chi connectivity index (χ0) is 39.2. The third kappa shape index (κ3) is 8.50. The van der Waals surface area contributed by atoms with E-state index in [0.717, 1.165) is 59.1 Å². The molecule has 2 fully saturated rings. The van der Waals surface area contributed by atoms with E-state index in [1.165, 1.54) is 0 Å². The highest BCUT2D eigenvalue weighted by Gasteiger charge is 2.51. The van der Waals surface area contributed by atoms with Crippen molar-refractivity contribution in [1.29, 1.82) is 0 Å². The summed E-state index contributed by atoms with van der Waals surface area (Å²) < 4.78 is 32.2. The monoisotopic (exact) mass is 746 g/mol. The van der Waals surface area contributed by atoms with E-state index in [-0.39, 0.29) is 37.2 Å². The van der Waals surface area contributed by atoms with Crippen molar-refractivity contribution >= 4 is 35.3 Å². The minimum absolute atomic E-state index is 0.154. The van der Waals surface area contributed by atoms with Crippen LogP contribution in [0.2, 0.25) is 0 Å². The van der Waals surface area contributed by atoms with Crippen molar-refractivity contribution in [2.24, 2.45) is 0 Å². The van der Waals surface area contributed by atoms with Crippen molar-refractivity contribution in [3.8, 4) is 0 Å². The number of amides is 2. The van der Waals surface area contributed by atoms with E-state index in [1.807, 2.05) is 64.1 Å². The quantitative estimate of drug-likeness (QED) is 0.264. The standard InChI is InChI=1S/2C21H27NO5/c2*1-5-26-20(24)27-18-17(16-12-13(2)6-7-14(16)3)19(23)22-21(18)10-8-15(25-4)9-11-21/h2*6-7,12,15H,5,8-11H2,1-4H3,(H,22,23). The molecule has 0 unspecified atom stereocenters. The van der Waals surface area contributed by atoms with Crippen LogP contribution in [0.4, 0.5) is 9.59 Å². The Bertz CT molecular complexity index is 1680. The second-order valence-electron chi connectivity index (χ2n) is 14.6. The van der Waals surface area contributed by atoms with Crippen LogP contribution >= 0.6 is 0 Å². The first-order valence-electron chi connectivity index (χ1n) is 18.8. The summed E-state index contributed by atoms with van der Waals surface area (Å²) in [5, 5.41) is 6.21. The van der Waals surface area contributed by atoms with Crippen LogP contribution in [0.5, 0.6) is 0 Å². The number of rotatable bonds is 8. The van der Waals surface area contributed by atoms with Gasteiger partial charge >= 0.3 is 12.3 Å². The van der Waals surface area contributed by atoms with Crippen LogP contribution in [-0.2, 0) is 38.0 Å². The first-order valence-corrected chi connectivity index (χ1v) is 18.8. The van der Waals surface area contributed by atoms with Gasteiger partial charge in [-0.3, -0.25) is 9.59 Å². The number of ether oxygens (including phenoxy) is 6. The van der Waals surface area contributed by atoms with Gasteiger partial charge in [0.05, 0.1) is 47.6 Å². The minimum Gasteiger partial charge on any atom is -0.434 e. The number of hydrogen-bond donors (Lipinski definition) is 2. The maximum atomic E-state index is 13.0. The molecule has 0 aromatic heterocycles. The molecule has 2 heterocycles. The topological polar surface area (TPSA) is 148 Å². The van der Waals surface area contributed by atoms with Crippen molar-refractivity contribution in [2.75, 3.05) is 27.4 Å². The maximum absolute atomic E-state index is 13.0. The Hall–Kier alpha value is -4.68. The smallest absolute Gasteiger partial charge is 0.434 e. The lowest BCUT2D eigenvalue weighted by Gasteiger charge is -2.37. The van der Waals surface area contributed by atoms with E-state index < -0.39 is 23.4 Å². The number of nitrogens with one attached hydrogen (secondary N) is 2. The Balaban J connectivity index is 0.000000208. The summed E-state index contributed by atoms with van der Waals surface area (Å²) >= 11 is 0. The molecule has 2 N–H and O–H groups in total. The van der Waals surface area contributed by atoms with Crippen molar-refractivity contribution in [3.05, 3.63) is 81.3 Å². The molecule has 54 heavy (non-hydrogen) atoms. The van der Waals surface area contributed by atoms with Crippen LogP contribution in [0.15, 0.2) is 47.9 Å². The Kier molecular flexibility index (Phi) is 12.9. The Labute approximate surface area is 317 Å². The summed E-state index contributed by atoms with van der Waals surface area (Å²) in [5.74, 6) is 0.348. The van der Waals surface area contributed by atoms with Gasteiger partial charge in [-0.1, -0.05) is 47.5 Å². The molecule has 12 heteroatoms. The van der Waals surface area contributed by atoms with Crippen molar-refractivity contribution in [3.63, 3.8) is 0 Å². The molecule has 2 aliphatic heterocycles. The molecular formula is C42H54N2O10. The van der Waals surface area contributed by atoms with Gasteiger partial charge in [-0.2, -0.15) is 0 Å². The number of hydrogen-bond acceptors (Lipinski definition) is 10. The molecule has 2 amide bonds. The van der Waals surface area contributed by atoms with Gasteiger partial charge in [-0.05, 0) is 115 Å². The van der Waals surface area contributed by atoms with Crippen LogP contribution in [0.3, 0.4) is 0 Å². The zero-order valence-corrected chi connectivity index (χ0v) is 32.8. The maximum Gasteiger partial charge on any atom is 0.513 e. The van der Waals surface area contributed by atoms with Crippen molar-refractivity contribution in [1.82, 2.24) is 10.6 Å². The molecule has 0 saturated heterocycles. The fourth-order valence-corrected chi connectivity index (χ4v) is 7.96. The van der Waals surface area contributed by atoms with Crippen LogP contribution in [0, 0.1) is 27.7 Å². The van der Waals surface area contributed by atoms with E-state index >= 15 is 0 Å². The molecule has 2 spiro atoms. The molecule has 6 rings (SSSR count). The molecule has 2 aromatic rings. The number of carbonyl (C=O) groups is 4. The highest BCUT2D eigenvalue weighted by molar-refractivity contribution is 6.24. The second kappa shape index (κ2) is 17.2. The lowest BCUT2D eigenvalue weighted by Crippen LogP contribution is -2.49. The summed E-state index contributed by atoms with van der Waals surface area (Å²) in [6, 6.07) is 11.9. The first kappa shape index (κ1) is 40.5. The first-order chi connectivity index (χ1) is 25.8. The number of aryl methyl sites for hydroxylation is 4. The largest absolute Gasteiger partial charge is 0.513 e. The summed E-state index contributed by atoms with van der Waals surface area (Å²) in [6.07, 6.45) is 4.50.